The Morgan fingerprint density at radius 3 is 2.89 bits per heavy atom. The van der Waals surface area contributed by atoms with E-state index in [4.69, 9.17) is 15.9 Å². The Morgan fingerprint density at radius 1 is 1.53 bits per heavy atom. The van der Waals surface area contributed by atoms with E-state index in [1.54, 1.807) is 0 Å². The van der Waals surface area contributed by atoms with Gasteiger partial charge in [-0.15, -0.1) is 0 Å². The molecule has 1 atom stereocenters. The average molecular weight is 264 g/mol. The number of anilines is 1. The molecule has 0 spiro atoms. The van der Waals surface area contributed by atoms with Crippen LogP contribution in [-0.4, -0.2) is 34.7 Å². The van der Waals surface area contributed by atoms with Crippen molar-refractivity contribution in [2.24, 2.45) is 5.84 Å². The lowest BCUT2D eigenvalue weighted by Gasteiger charge is -2.34. The van der Waals surface area contributed by atoms with Gasteiger partial charge in [0.1, 0.15) is 0 Å². The number of fused-ring (bicyclic) bond motifs is 1. The molecule has 0 fully saturated rings. The number of aryl methyl sites for hydroxylation is 1. The standard InChI is InChI=1S/C14H24N4O/c1-3-10-8-18(5-6-19)9-14-11(10)7-13(17-15)12(4-2)16-14/h7,10,17,19H,3-6,8-9,15H2,1-2H3. The molecule has 1 aromatic rings. The summed E-state index contributed by atoms with van der Waals surface area (Å²) in [6, 6.07) is 2.16. The predicted molar refractivity (Wildman–Crippen MR) is 76.8 cm³/mol. The van der Waals surface area contributed by atoms with E-state index in [1.165, 1.54) is 5.56 Å². The fraction of sp³-hybridized carbons (Fsp3) is 0.643. The lowest BCUT2D eigenvalue weighted by Crippen LogP contribution is -2.36. The molecule has 4 N–H and O–H groups in total. The number of pyridine rings is 1. The molecule has 2 rings (SSSR count). The lowest BCUT2D eigenvalue weighted by atomic mass is 9.90. The number of nitrogen functional groups attached to an aromatic ring is 1. The van der Waals surface area contributed by atoms with Crippen LogP contribution in [0.3, 0.4) is 0 Å². The molecule has 1 unspecified atom stereocenters. The van der Waals surface area contributed by atoms with Crippen LogP contribution in [0, 0.1) is 0 Å². The van der Waals surface area contributed by atoms with E-state index in [9.17, 15) is 0 Å². The van der Waals surface area contributed by atoms with Gasteiger partial charge in [0.15, 0.2) is 0 Å². The van der Waals surface area contributed by atoms with Crippen LogP contribution >= 0.6 is 0 Å². The van der Waals surface area contributed by atoms with E-state index in [2.05, 4.69) is 30.2 Å². The van der Waals surface area contributed by atoms with Gasteiger partial charge in [0.25, 0.3) is 0 Å². The van der Waals surface area contributed by atoms with Crippen LogP contribution in [0.4, 0.5) is 5.69 Å². The minimum absolute atomic E-state index is 0.203. The topological polar surface area (TPSA) is 74.4 Å². The van der Waals surface area contributed by atoms with Gasteiger partial charge in [0.05, 0.1) is 23.7 Å². The molecule has 1 aliphatic rings. The molecule has 1 aliphatic heterocycles. The van der Waals surface area contributed by atoms with Gasteiger partial charge in [0, 0.05) is 19.6 Å². The Kier molecular flexibility index (Phi) is 4.74. The van der Waals surface area contributed by atoms with Crippen molar-refractivity contribution in [2.75, 3.05) is 25.1 Å². The number of hydrazine groups is 1. The molecule has 19 heavy (non-hydrogen) atoms. The van der Waals surface area contributed by atoms with Gasteiger partial charge in [-0.2, -0.15) is 0 Å². The van der Waals surface area contributed by atoms with Crippen molar-refractivity contribution < 1.29 is 5.11 Å². The van der Waals surface area contributed by atoms with Crippen LogP contribution in [0.2, 0.25) is 0 Å². The molecule has 0 saturated heterocycles. The first-order chi connectivity index (χ1) is 9.23. The van der Waals surface area contributed by atoms with Crippen LogP contribution in [0.15, 0.2) is 6.07 Å². The normalized spacial score (nSPS) is 19.3. The van der Waals surface area contributed by atoms with Gasteiger partial charge in [-0.3, -0.25) is 15.7 Å². The second kappa shape index (κ2) is 6.32. The average Bonchev–Trinajstić information content (AvgIpc) is 2.45. The minimum Gasteiger partial charge on any atom is -0.395 e. The Hall–Kier alpha value is -1.17. The van der Waals surface area contributed by atoms with E-state index in [1.807, 2.05) is 0 Å². The Morgan fingerprint density at radius 2 is 2.32 bits per heavy atom. The summed E-state index contributed by atoms with van der Waals surface area (Å²) < 4.78 is 0. The molecule has 5 heteroatoms. The first-order valence-electron chi connectivity index (χ1n) is 7.05. The summed E-state index contributed by atoms with van der Waals surface area (Å²) in [5.74, 6) is 6.06. The highest BCUT2D eigenvalue weighted by atomic mass is 16.3. The zero-order valence-corrected chi connectivity index (χ0v) is 11.8. The van der Waals surface area contributed by atoms with Crippen LogP contribution in [0.5, 0.6) is 0 Å². The van der Waals surface area contributed by atoms with Crippen molar-refractivity contribution in [2.45, 2.75) is 39.2 Å². The van der Waals surface area contributed by atoms with Crippen molar-refractivity contribution in [1.29, 1.82) is 0 Å². The van der Waals surface area contributed by atoms with Crippen molar-refractivity contribution in [3.8, 4) is 0 Å². The van der Waals surface area contributed by atoms with Crippen LogP contribution in [-0.2, 0) is 13.0 Å². The zero-order chi connectivity index (χ0) is 13.8. The fourth-order valence-electron chi connectivity index (χ4n) is 2.83. The molecule has 0 saturated carbocycles. The summed E-state index contributed by atoms with van der Waals surface area (Å²) in [7, 11) is 0. The molecule has 2 heterocycles. The van der Waals surface area contributed by atoms with E-state index in [-0.39, 0.29) is 6.61 Å². The highest BCUT2D eigenvalue weighted by Gasteiger charge is 2.26. The molecule has 0 aliphatic carbocycles. The largest absolute Gasteiger partial charge is 0.395 e. The van der Waals surface area contributed by atoms with E-state index in [0.29, 0.717) is 5.92 Å². The SMILES string of the molecule is CCc1nc2c(cc1NN)C(CC)CN(CCO)C2. The molecule has 0 bridgehead atoms. The van der Waals surface area contributed by atoms with E-state index >= 15 is 0 Å². The van der Waals surface area contributed by atoms with Gasteiger partial charge in [-0.05, 0) is 30.4 Å². The maximum absolute atomic E-state index is 9.12. The van der Waals surface area contributed by atoms with Crippen LogP contribution in [0.25, 0.3) is 0 Å². The van der Waals surface area contributed by atoms with Gasteiger partial charge >= 0.3 is 0 Å². The second-order valence-corrected chi connectivity index (χ2v) is 5.08. The number of aliphatic hydroxyl groups excluding tert-OH is 1. The summed E-state index contributed by atoms with van der Waals surface area (Å²) in [6.45, 7) is 7.01. The third-order valence-corrected chi connectivity index (χ3v) is 3.91. The van der Waals surface area contributed by atoms with Gasteiger partial charge in [-0.1, -0.05) is 13.8 Å². The number of β-amino-alcohol motifs (C(OH)–C–C–N with tert-alkyl or cyclic N) is 1. The molecule has 0 aromatic carbocycles. The van der Waals surface area contributed by atoms with Crippen molar-refractivity contribution in [3.05, 3.63) is 23.0 Å². The smallest absolute Gasteiger partial charge is 0.0704 e. The Balaban J connectivity index is 2.37. The summed E-state index contributed by atoms with van der Waals surface area (Å²) in [6.07, 6.45) is 1.94. The molecule has 0 radical (unpaired) electrons. The number of rotatable bonds is 5. The second-order valence-electron chi connectivity index (χ2n) is 5.08. The maximum atomic E-state index is 9.12. The van der Waals surface area contributed by atoms with E-state index in [0.717, 1.165) is 49.6 Å². The van der Waals surface area contributed by atoms with Gasteiger partial charge in [0.2, 0.25) is 0 Å². The summed E-state index contributed by atoms with van der Waals surface area (Å²) in [4.78, 5) is 7.04. The molecule has 0 amide bonds. The van der Waals surface area contributed by atoms with E-state index < -0.39 is 0 Å². The number of aromatic nitrogens is 1. The number of nitrogens with two attached hydrogens (primary N) is 1. The minimum atomic E-state index is 0.203. The number of nitrogens with one attached hydrogen (secondary N) is 1. The van der Waals surface area contributed by atoms with Crippen LogP contribution in [0.1, 0.15) is 43.1 Å². The highest BCUT2D eigenvalue weighted by molar-refractivity contribution is 5.51. The van der Waals surface area contributed by atoms with Crippen molar-refractivity contribution >= 4 is 5.69 Å². The summed E-state index contributed by atoms with van der Waals surface area (Å²) in [5.41, 5.74) is 7.17. The summed E-state index contributed by atoms with van der Waals surface area (Å²) in [5, 5.41) is 9.12. The fourth-order valence-corrected chi connectivity index (χ4v) is 2.83. The number of aliphatic hydroxyl groups is 1. The zero-order valence-electron chi connectivity index (χ0n) is 11.8. The number of hydrogen-bond donors (Lipinski definition) is 3. The third-order valence-electron chi connectivity index (χ3n) is 3.91. The van der Waals surface area contributed by atoms with Gasteiger partial charge in [-0.25, -0.2) is 0 Å². The quantitative estimate of drug-likeness (QED) is 0.551. The first-order valence-corrected chi connectivity index (χ1v) is 7.05. The maximum Gasteiger partial charge on any atom is 0.0704 e. The molecule has 5 nitrogen and oxygen atoms in total. The highest BCUT2D eigenvalue weighted by Crippen LogP contribution is 2.32. The molecular formula is C14H24N4O. The van der Waals surface area contributed by atoms with Gasteiger partial charge < -0.3 is 10.5 Å². The number of nitrogens with zero attached hydrogens (tertiary/aromatic N) is 2. The molecule has 1 aromatic heterocycles. The Labute approximate surface area is 114 Å². The lowest BCUT2D eigenvalue weighted by molar-refractivity contribution is 0.169. The Bertz CT molecular complexity index is 436. The predicted octanol–water partition coefficient (Wildman–Crippen LogP) is 1.23. The molecule has 106 valence electrons. The number of hydrogen-bond acceptors (Lipinski definition) is 5. The molecular weight excluding hydrogens is 240 g/mol. The van der Waals surface area contributed by atoms with Crippen molar-refractivity contribution in [3.63, 3.8) is 0 Å². The third kappa shape index (κ3) is 2.88. The first kappa shape index (κ1) is 14.2. The van der Waals surface area contributed by atoms with Crippen LogP contribution < -0.4 is 11.3 Å². The van der Waals surface area contributed by atoms with Crippen molar-refractivity contribution in [1.82, 2.24) is 9.88 Å². The summed E-state index contributed by atoms with van der Waals surface area (Å²) >= 11 is 0. The monoisotopic (exact) mass is 264 g/mol.